The van der Waals surface area contributed by atoms with E-state index in [0.29, 0.717) is 22.4 Å². The van der Waals surface area contributed by atoms with Crippen LogP contribution in [0.15, 0.2) is 52.9 Å². The summed E-state index contributed by atoms with van der Waals surface area (Å²) in [7, 11) is 0. The molecule has 0 spiro atoms. The molecule has 94 valence electrons. The van der Waals surface area contributed by atoms with Crippen LogP contribution in [0.3, 0.4) is 0 Å². The molecule has 0 amide bonds. The van der Waals surface area contributed by atoms with Gasteiger partial charge in [-0.25, -0.2) is 0 Å². The molecule has 0 bridgehead atoms. The number of nitrogens with zero attached hydrogens (tertiary/aromatic N) is 1. The van der Waals surface area contributed by atoms with E-state index in [1.165, 1.54) is 6.07 Å². The third kappa shape index (κ3) is 1.91. The molecule has 0 atom stereocenters. The minimum Gasteiger partial charge on any atom is -0.456 e. The number of furan rings is 1. The molecular weight excluding hydrogens is 244 g/mol. The highest BCUT2D eigenvalue weighted by molar-refractivity contribution is 5.93. The Bertz CT molecular complexity index is 763. The van der Waals surface area contributed by atoms with Gasteiger partial charge in [0.2, 0.25) is 0 Å². The average Bonchev–Trinajstić information content (AvgIpc) is 2.82. The summed E-state index contributed by atoms with van der Waals surface area (Å²) >= 11 is 0. The molecule has 5 heteroatoms. The lowest BCUT2D eigenvalue weighted by Gasteiger charge is -1.95. The van der Waals surface area contributed by atoms with Crippen molar-refractivity contribution in [2.75, 3.05) is 5.73 Å². The molecule has 3 rings (SSSR count). The first-order chi connectivity index (χ1) is 9.15. The molecule has 0 saturated carbocycles. The van der Waals surface area contributed by atoms with Gasteiger partial charge in [-0.1, -0.05) is 30.3 Å². The summed E-state index contributed by atoms with van der Waals surface area (Å²) in [6.45, 7) is 0. The van der Waals surface area contributed by atoms with E-state index in [1.807, 2.05) is 30.3 Å². The Morgan fingerprint density at radius 1 is 1.11 bits per heavy atom. The monoisotopic (exact) mass is 254 g/mol. The second-order valence-corrected chi connectivity index (χ2v) is 4.19. The predicted octanol–water partition coefficient (Wildman–Crippen LogP) is 3.59. The lowest BCUT2D eigenvalue weighted by molar-refractivity contribution is -0.383. The van der Waals surface area contributed by atoms with Crippen LogP contribution in [-0.4, -0.2) is 4.92 Å². The van der Waals surface area contributed by atoms with Crippen molar-refractivity contribution in [2.45, 2.75) is 0 Å². The molecule has 3 aromatic rings. The van der Waals surface area contributed by atoms with Gasteiger partial charge in [0.05, 0.1) is 10.3 Å². The zero-order valence-electron chi connectivity index (χ0n) is 9.87. The number of hydrogen-bond donors (Lipinski definition) is 1. The molecule has 5 nitrogen and oxygen atoms in total. The number of rotatable bonds is 2. The molecule has 1 heterocycles. The Morgan fingerprint density at radius 2 is 1.84 bits per heavy atom. The van der Waals surface area contributed by atoms with Crippen molar-refractivity contribution in [2.24, 2.45) is 0 Å². The fourth-order valence-corrected chi connectivity index (χ4v) is 2.04. The first-order valence-electron chi connectivity index (χ1n) is 5.68. The lowest BCUT2D eigenvalue weighted by Crippen LogP contribution is -1.91. The van der Waals surface area contributed by atoms with E-state index in [-0.39, 0.29) is 5.69 Å². The third-order valence-corrected chi connectivity index (χ3v) is 2.89. The standard InChI is InChI=1S/C14H10N2O3/c15-10-6-12(16(17)18)11-8-13(19-14(11)7-10)9-4-2-1-3-5-9/h1-8H,15H2. The van der Waals surface area contributed by atoms with Gasteiger partial charge in [-0.2, -0.15) is 0 Å². The highest BCUT2D eigenvalue weighted by atomic mass is 16.6. The average molecular weight is 254 g/mol. The summed E-state index contributed by atoms with van der Waals surface area (Å²) in [4.78, 5) is 10.6. The first kappa shape index (κ1) is 11.3. The van der Waals surface area contributed by atoms with Gasteiger partial charge in [-0.15, -0.1) is 0 Å². The smallest absolute Gasteiger partial charge is 0.282 e. The van der Waals surface area contributed by atoms with Gasteiger partial charge in [0.25, 0.3) is 5.69 Å². The summed E-state index contributed by atoms with van der Waals surface area (Å²) in [5.41, 5.74) is 7.21. The number of nitrogens with two attached hydrogens (primary N) is 1. The maximum atomic E-state index is 11.0. The van der Waals surface area contributed by atoms with Crippen molar-refractivity contribution in [3.63, 3.8) is 0 Å². The number of nitro benzene ring substituents is 1. The molecule has 0 unspecified atom stereocenters. The molecule has 0 aliphatic rings. The van der Waals surface area contributed by atoms with Crippen LogP contribution in [-0.2, 0) is 0 Å². The van der Waals surface area contributed by atoms with Crippen LogP contribution in [0.2, 0.25) is 0 Å². The fraction of sp³-hybridized carbons (Fsp3) is 0. The van der Waals surface area contributed by atoms with Gasteiger partial charge in [-0.3, -0.25) is 10.1 Å². The van der Waals surface area contributed by atoms with Crippen LogP contribution in [0.5, 0.6) is 0 Å². The number of hydrogen-bond acceptors (Lipinski definition) is 4. The number of fused-ring (bicyclic) bond motifs is 1. The van der Waals surface area contributed by atoms with Gasteiger partial charge in [0, 0.05) is 23.4 Å². The molecule has 0 radical (unpaired) electrons. The number of non-ortho nitro benzene ring substituents is 1. The molecule has 1 aromatic heterocycles. The molecule has 19 heavy (non-hydrogen) atoms. The number of anilines is 1. The summed E-state index contributed by atoms with van der Waals surface area (Å²) in [6, 6.07) is 14.0. The summed E-state index contributed by atoms with van der Waals surface area (Å²) in [6.07, 6.45) is 0. The normalized spacial score (nSPS) is 10.7. The van der Waals surface area contributed by atoms with E-state index in [1.54, 1.807) is 12.1 Å². The quantitative estimate of drug-likeness (QED) is 0.430. The van der Waals surface area contributed by atoms with Crippen LogP contribution in [0.4, 0.5) is 11.4 Å². The van der Waals surface area contributed by atoms with Crippen molar-refractivity contribution in [1.82, 2.24) is 0 Å². The highest BCUT2D eigenvalue weighted by Gasteiger charge is 2.17. The third-order valence-electron chi connectivity index (χ3n) is 2.89. The van der Waals surface area contributed by atoms with Crippen LogP contribution in [0, 0.1) is 10.1 Å². The lowest BCUT2D eigenvalue weighted by atomic mass is 10.1. The van der Waals surface area contributed by atoms with Gasteiger partial charge in [0.15, 0.2) is 0 Å². The van der Waals surface area contributed by atoms with E-state index < -0.39 is 4.92 Å². The maximum Gasteiger partial charge on any atom is 0.282 e. The Kier molecular flexibility index (Phi) is 2.45. The fourth-order valence-electron chi connectivity index (χ4n) is 2.04. The van der Waals surface area contributed by atoms with Crippen molar-refractivity contribution in [3.8, 4) is 11.3 Å². The molecule has 0 aliphatic carbocycles. The number of nitro groups is 1. The Labute approximate surface area is 108 Å². The molecular formula is C14H10N2O3. The van der Waals surface area contributed by atoms with Crippen LogP contribution >= 0.6 is 0 Å². The Morgan fingerprint density at radius 3 is 2.53 bits per heavy atom. The minimum absolute atomic E-state index is 0.0408. The van der Waals surface area contributed by atoms with Crippen LogP contribution in [0.25, 0.3) is 22.3 Å². The molecule has 0 saturated heterocycles. The zero-order valence-corrected chi connectivity index (χ0v) is 9.87. The van der Waals surface area contributed by atoms with E-state index in [2.05, 4.69) is 0 Å². The number of nitrogen functional groups attached to an aromatic ring is 1. The maximum absolute atomic E-state index is 11.0. The van der Waals surface area contributed by atoms with Gasteiger partial charge in [0.1, 0.15) is 11.3 Å². The van der Waals surface area contributed by atoms with Crippen molar-refractivity contribution in [1.29, 1.82) is 0 Å². The number of benzene rings is 2. The second kappa shape index (κ2) is 4.13. The van der Waals surface area contributed by atoms with E-state index in [4.69, 9.17) is 10.2 Å². The highest BCUT2D eigenvalue weighted by Crippen LogP contribution is 2.34. The SMILES string of the molecule is Nc1cc([N+](=O)[O-])c2cc(-c3ccccc3)oc2c1. The minimum atomic E-state index is -0.455. The molecule has 0 fully saturated rings. The summed E-state index contributed by atoms with van der Waals surface area (Å²) < 4.78 is 5.64. The van der Waals surface area contributed by atoms with Crippen molar-refractivity contribution in [3.05, 3.63) is 58.6 Å². The zero-order chi connectivity index (χ0) is 13.4. The van der Waals surface area contributed by atoms with Crippen molar-refractivity contribution >= 4 is 22.3 Å². The van der Waals surface area contributed by atoms with E-state index >= 15 is 0 Å². The largest absolute Gasteiger partial charge is 0.456 e. The second-order valence-electron chi connectivity index (χ2n) is 4.19. The topological polar surface area (TPSA) is 82.3 Å². The van der Waals surface area contributed by atoms with Crippen LogP contribution < -0.4 is 5.73 Å². The van der Waals surface area contributed by atoms with Gasteiger partial charge in [-0.05, 0) is 6.07 Å². The Balaban J connectivity index is 2.26. The predicted molar refractivity (Wildman–Crippen MR) is 72.7 cm³/mol. The first-order valence-corrected chi connectivity index (χ1v) is 5.68. The molecule has 0 aliphatic heterocycles. The summed E-state index contributed by atoms with van der Waals surface area (Å²) in [5.74, 6) is 0.587. The van der Waals surface area contributed by atoms with Crippen molar-refractivity contribution < 1.29 is 9.34 Å². The van der Waals surface area contributed by atoms with E-state index in [0.717, 1.165) is 5.56 Å². The molecule has 2 aromatic carbocycles. The Hall–Kier alpha value is -2.82. The van der Waals surface area contributed by atoms with Gasteiger partial charge < -0.3 is 10.2 Å². The summed E-state index contributed by atoms with van der Waals surface area (Å²) in [5, 5.41) is 11.5. The molecule has 2 N–H and O–H groups in total. The van der Waals surface area contributed by atoms with Gasteiger partial charge >= 0.3 is 0 Å². The van der Waals surface area contributed by atoms with E-state index in [9.17, 15) is 10.1 Å². The van der Waals surface area contributed by atoms with Crippen LogP contribution in [0.1, 0.15) is 0 Å².